The van der Waals surface area contributed by atoms with Gasteiger partial charge in [0.25, 0.3) is 0 Å². The Balaban J connectivity index is 4.19. The van der Waals surface area contributed by atoms with Crippen LogP contribution in [0.5, 0.6) is 0 Å². The summed E-state index contributed by atoms with van der Waals surface area (Å²) < 4.78 is 17.0. The van der Waals surface area contributed by atoms with Crippen LogP contribution in [0, 0.1) is 0 Å². The molecule has 0 N–H and O–H groups in total. The second kappa shape index (κ2) is 71.1. The van der Waals surface area contributed by atoms with Gasteiger partial charge in [0.2, 0.25) is 0 Å². The van der Waals surface area contributed by atoms with Crippen molar-refractivity contribution >= 4 is 17.9 Å². The van der Waals surface area contributed by atoms with Gasteiger partial charge in [0.1, 0.15) is 13.2 Å². The van der Waals surface area contributed by atoms with Gasteiger partial charge in [-0.25, -0.2) is 0 Å². The minimum absolute atomic E-state index is 0.0650. The maximum atomic E-state index is 13.0. The molecule has 1 unspecified atom stereocenters. The number of esters is 3. The van der Waals surface area contributed by atoms with Crippen LogP contribution in [-0.4, -0.2) is 37.2 Å². The smallest absolute Gasteiger partial charge is 0.306 e. The highest BCUT2D eigenvalue weighted by Gasteiger charge is 2.20. The third kappa shape index (κ3) is 68.4. The first-order chi connectivity index (χ1) is 40.5. The van der Waals surface area contributed by atoms with Gasteiger partial charge in [-0.3, -0.25) is 14.4 Å². The summed E-state index contributed by atoms with van der Waals surface area (Å²) in [6.45, 7) is 6.71. The predicted octanol–water partition coefficient (Wildman–Crippen LogP) is 25.5. The van der Waals surface area contributed by atoms with Crippen LogP contribution < -0.4 is 0 Å². The Hall–Kier alpha value is -2.37. The Morgan fingerprint density at radius 3 is 0.683 bits per heavy atom. The van der Waals surface area contributed by atoms with Crippen LogP contribution >= 0.6 is 0 Å². The van der Waals surface area contributed by atoms with E-state index in [0.717, 1.165) is 70.6 Å². The van der Waals surface area contributed by atoms with E-state index in [4.69, 9.17) is 14.2 Å². The average molecular weight is 1150 g/mol. The molecule has 0 bridgehead atoms. The van der Waals surface area contributed by atoms with E-state index in [1.807, 2.05) is 0 Å². The lowest BCUT2D eigenvalue weighted by Crippen LogP contribution is -2.30. The van der Waals surface area contributed by atoms with Crippen LogP contribution in [0.15, 0.2) is 36.5 Å². The van der Waals surface area contributed by atoms with Crippen LogP contribution in [0.4, 0.5) is 0 Å². The molecule has 82 heavy (non-hydrogen) atoms. The number of carbonyl (C=O) groups excluding carboxylic acids is 3. The number of hydrogen-bond donors (Lipinski definition) is 0. The van der Waals surface area contributed by atoms with E-state index < -0.39 is 6.10 Å². The Morgan fingerprint density at radius 2 is 0.439 bits per heavy atom. The second-order valence-corrected chi connectivity index (χ2v) is 25.2. The first kappa shape index (κ1) is 79.6. The Bertz CT molecular complexity index is 1370. The summed E-state index contributed by atoms with van der Waals surface area (Å²) >= 11 is 0. The molecule has 482 valence electrons. The monoisotopic (exact) mass is 1150 g/mol. The molecular weight excluding hydrogens is 1010 g/mol. The topological polar surface area (TPSA) is 78.9 Å². The van der Waals surface area contributed by atoms with Crippen molar-refractivity contribution in [3.05, 3.63) is 36.5 Å². The minimum Gasteiger partial charge on any atom is -0.462 e. The number of unbranched alkanes of at least 4 members (excludes halogenated alkanes) is 52. The minimum atomic E-state index is -0.769. The van der Waals surface area contributed by atoms with Crippen LogP contribution in [0.25, 0.3) is 0 Å². The van der Waals surface area contributed by atoms with E-state index in [2.05, 4.69) is 57.2 Å². The number of carbonyl (C=O) groups is 3. The number of rotatable bonds is 69. The van der Waals surface area contributed by atoms with Crippen LogP contribution in [0.3, 0.4) is 0 Å². The van der Waals surface area contributed by atoms with Gasteiger partial charge in [-0.2, -0.15) is 0 Å². The molecule has 0 aromatic heterocycles. The summed E-state index contributed by atoms with van der Waals surface area (Å²) in [6.07, 6.45) is 89.0. The number of ether oxygens (including phenoxy) is 3. The van der Waals surface area contributed by atoms with Gasteiger partial charge in [0.05, 0.1) is 0 Å². The third-order valence-corrected chi connectivity index (χ3v) is 16.9. The van der Waals surface area contributed by atoms with Gasteiger partial charge in [-0.05, 0) is 57.8 Å². The summed E-state index contributed by atoms with van der Waals surface area (Å²) in [5.41, 5.74) is 0. The lowest BCUT2D eigenvalue weighted by atomic mass is 10.0. The zero-order chi connectivity index (χ0) is 59.2. The Morgan fingerprint density at radius 1 is 0.244 bits per heavy atom. The van der Waals surface area contributed by atoms with Gasteiger partial charge in [-0.15, -0.1) is 0 Å². The maximum absolute atomic E-state index is 13.0. The van der Waals surface area contributed by atoms with E-state index in [0.29, 0.717) is 19.3 Å². The summed E-state index contributed by atoms with van der Waals surface area (Å²) in [4.78, 5) is 38.5. The standard InChI is InChI=1S/C76H142O6/c1-4-7-10-13-16-19-22-25-27-29-31-33-35-36-37-38-39-40-41-43-44-46-48-51-54-57-60-63-66-69-75(78)81-72-73(71-80-74(77)68-65-62-59-56-53-50-24-21-18-15-12-9-6-3)82-76(79)70-67-64-61-58-55-52-49-47-45-42-34-32-30-28-26-23-20-17-14-11-8-5-2/h22,25,29,31,35-36,73H,4-21,23-24,26-28,30,32-34,37-72H2,1-3H3/b25-22-,31-29-,36-35-. The van der Waals surface area contributed by atoms with Crippen molar-refractivity contribution in [2.45, 2.75) is 419 Å². The zero-order valence-electron chi connectivity index (χ0n) is 55.5. The number of allylic oxidation sites excluding steroid dienone is 6. The maximum Gasteiger partial charge on any atom is 0.306 e. The van der Waals surface area contributed by atoms with Crippen molar-refractivity contribution in [3.8, 4) is 0 Å². The molecule has 6 nitrogen and oxygen atoms in total. The van der Waals surface area contributed by atoms with Crippen LogP contribution in [-0.2, 0) is 28.6 Å². The molecule has 0 spiro atoms. The van der Waals surface area contributed by atoms with E-state index in [1.165, 1.54) is 302 Å². The lowest BCUT2D eigenvalue weighted by molar-refractivity contribution is -0.167. The molecule has 0 aliphatic carbocycles. The van der Waals surface area contributed by atoms with Crippen molar-refractivity contribution in [2.24, 2.45) is 0 Å². The molecule has 0 amide bonds. The predicted molar refractivity (Wildman–Crippen MR) is 358 cm³/mol. The van der Waals surface area contributed by atoms with Gasteiger partial charge in [-0.1, -0.05) is 372 Å². The van der Waals surface area contributed by atoms with Crippen molar-refractivity contribution in [2.75, 3.05) is 13.2 Å². The highest BCUT2D eigenvalue weighted by molar-refractivity contribution is 5.71. The van der Waals surface area contributed by atoms with Gasteiger partial charge in [0, 0.05) is 19.3 Å². The lowest BCUT2D eigenvalue weighted by Gasteiger charge is -2.18. The third-order valence-electron chi connectivity index (χ3n) is 16.9. The van der Waals surface area contributed by atoms with Crippen molar-refractivity contribution in [3.63, 3.8) is 0 Å². The highest BCUT2D eigenvalue weighted by atomic mass is 16.6. The summed E-state index contributed by atoms with van der Waals surface area (Å²) in [6, 6.07) is 0. The molecule has 0 aliphatic rings. The fraction of sp³-hybridized carbons (Fsp3) is 0.882. The molecule has 0 radical (unpaired) electrons. The quantitative estimate of drug-likeness (QED) is 0.0261. The second-order valence-electron chi connectivity index (χ2n) is 25.2. The normalized spacial score (nSPS) is 12.2. The summed E-state index contributed by atoms with van der Waals surface area (Å²) in [5.74, 6) is -0.832. The van der Waals surface area contributed by atoms with E-state index in [9.17, 15) is 14.4 Å². The molecule has 0 aromatic carbocycles. The van der Waals surface area contributed by atoms with Gasteiger partial charge in [0.15, 0.2) is 6.10 Å². The Kier molecular flexibility index (Phi) is 69.1. The molecule has 0 rings (SSSR count). The van der Waals surface area contributed by atoms with Gasteiger partial charge >= 0.3 is 17.9 Å². The van der Waals surface area contributed by atoms with Crippen molar-refractivity contribution in [1.29, 1.82) is 0 Å². The zero-order valence-corrected chi connectivity index (χ0v) is 55.5. The SMILES string of the molecule is CCCCCCC/C=C\C/C=C\C/C=C\CCCCCCCCCCCCCCCCC(=O)OCC(COC(=O)CCCCCCCCCCCCCCC)OC(=O)CCCCCCCCCCCCCCCCCCCCCCCC. The van der Waals surface area contributed by atoms with Crippen LogP contribution in [0.2, 0.25) is 0 Å². The largest absolute Gasteiger partial charge is 0.462 e. The fourth-order valence-electron chi connectivity index (χ4n) is 11.3. The molecule has 0 aliphatic heterocycles. The first-order valence-electron chi connectivity index (χ1n) is 37.0. The summed E-state index contributed by atoms with van der Waals surface area (Å²) in [5, 5.41) is 0. The molecule has 6 heteroatoms. The average Bonchev–Trinajstić information content (AvgIpc) is 3.47. The number of hydrogen-bond acceptors (Lipinski definition) is 6. The molecule has 0 heterocycles. The molecular formula is C76H142O6. The summed E-state index contributed by atoms with van der Waals surface area (Å²) in [7, 11) is 0. The van der Waals surface area contributed by atoms with Crippen molar-refractivity contribution in [1.82, 2.24) is 0 Å². The molecule has 0 saturated carbocycles. The first-order valence-corrected chi connectivity index (χ1v) is 37.0. The molecule has 0 saturated heterocycles. The fourth-order valence-corrected chi connectivity index (χ4v) is 11.3. The highest BCUT2D eigenvalue weighted by Crippen LogP contribution is 2.19. The van der Waals surface area contributed by atoms with Crippen LogP contribution in [0.1, 0.15) is 412 Å². The van der Waals surface area contributed by atoms with E-state index >= 15 is 0 Å². The van der Waals surface area contributed by atoms with E-state index in [-0.39, 0.29) is 31.1 Å². The van der Waals surface area contributed by atoms with E-state index in [1.54, 1.807) is 0 Å². The van der Waals surface area contributed by atoms with Crippen molar-refractivity contribution < 1.29 is 28.6 Å². The molecule has 0 fully saturated rings. The molecule has 0 aromatic rings. The van der Waals surface area contributed by atoms with Gasteiger partial charge < -0.3 is 14.2 Å². The molecule has 1 atom stereocenters. The Labute approximate surface area is 512 Å².